The van der Waals surface area contributed by atoms with Crippen LogP contribution in [0, 0.1) is 11.2 Å². The second-order valence-corrected chi connectivity index (χ2v) is 9.32. The van der Waals surface area contributed by atoms with Crippen molar-refractivity contribution in [3.05, 3.63) is 65.2 Å². The molecule has 0 aliphatic carbocycles. The Labute approximate surface area is 216 Å². The molecule has 3 heterocycles. The fourth-order valence-electron chi connectivity index (χ4n) is 4.28. The van der Waals surface area contributed by atoms with Gasteiger partial charge in [0.05, 0.1) is 18.0 Å². The summed E-state index contributed by atoms with van der Waals surface area (Å²) in [7, 11) is 0. The second kappa shape index (κ2) is 11.4. The van der Waals surface area contributed by atoms with Crippen LogP contribution in [0.4, 0.5) is 4.39 Å². The number of carbonyl (C=O) groups is 2. The average molecular weight is 525 g/mol. The Morgan fingerprint density at radius 3 is 2.66 bits per heavy atom. The molecule has 0 saturated carbocycles. The van der Waals surface area contributed by atoms with Gasteiger partial charge in [0.2, 0.25) is 5.91 Å². The fraction of sp³-hybridized carbons (Fsp3) is 0.400. The lowest BCUT2D eigenvalue weighted by Crippen LogP contribution is -2.49. The number of nitrogens with zero attached hydrogens (tertiary/aromatic N) is 3. The first kappa shape index (κ1) is 28.6. The number of benzene rings is 1. The van der Waals surface area contributed by atoms with Crippen LogP contribution in [0.2, 0.25) is 0 Å². The van der Waals surface area contributed by atoms with E-state index in [1.807, 2.05) is 18.2 Å². The summed E-state index contributed by atoms with van der Waals surface area (Å²) < 4.78 is 15.9. The molecule has 1 aliphatic heterocycles. The van der Waals surface area contributed by atoms with Crippen LogP contribution in [0.5, 0.6) is 0 Å². The molecule has 1 atom stereocenters. The lowest BCUT2D eigenvalue weighted by Gasteiger charge is -2.32. The highest BCUT2D eigenvalue weighted by atomic mass is 35.5. The molecule has 0 fully saturated rings. The number of amides is 1. The van der Waals surface area contributed by atoms with E-state index in [-0.39, 0.29) is 43.1 Å². The van der Waals surface area contributed by atoms with Crippen LogP contribution in [0.1, 0.15) is 37.6 Å². The van der Waals surface area contributed by atoms with Crippen molar-refractivity contribution < 1.29 is 19.1 Å². The van der Waals surface area contributed by atoms with Gasteiger partial charge in [-0.1, -0.05) is 12.1 Å². The standard InChI is InChI=1S/C25H29FN4O3.2ClH/c1-16(28-15-25(2,3)24(32)33)23(31)29-11-9-19-20-8-5-10-27-22(20)30(21(19)14-29)13-17-6-4-7-18(26)12-17;;/h4-8,10,12,16,28H,9,11,13-15H2,1-3H3,(H,32,33);2*1H. The van der Waals surface area contributed by atoms with Crippen molar-refractivity contribution in [2.24, 2.45) is 5.41 Å². The van der Waals surface area contributed by atoms with Crippen molar-refractivity contribution in [2.45, 2.75) is 46.3 Å². The third-order valence-corrected chi connectivity index (χ3v) is 6.35. The Hall–Kier alpha value is -2.68. The maximum atomic E-state index is 13.8. The number of nitrogens with one attached hydrogen (secondary N) is 1. The van der Waals surface area contributed by atoms with E-state index in [4.69, 9.17) is 0 Å². The number of aliphatic carboxylic acids is 1. The topological polar surface area (TPSA) is 87.5 Å². The van der Waals surface area contributed by atoms with E-state index in [0.717, 1.165) is 22.3 Å². The van der Waals surface area contributed by atoms with Crippen molar-refractivity contribution >= 4 is 47.7 Å². The first-order valence-electron chi connectivity index (χ1n) is 11.1. The van der Waals surface area contributed by atoms with Gasteiger partial charge in [-0.3, -0.25) is 9.59 Å². The van der Waals surface area contributed by atoms with Gasteiger partial charge in [0.15, 0.2) is 0 Å². The van der Waals surface area contributed by atoms with Gasteiger partial charge < -0.3 is 19.9 Å². The lowest BCUT2D eigenvalue weighted by atomic mass is 9.93. The van der Waals surface area contributed by atoms with Crippen molar-refractivity contribution in [3.63, 3.8) is 0 Å². The molecule has 1 aliphatic rings. The van der Waals surface area contributed by atoms with Crippen LogP contribution in [0.25, 0.3) is 11.0 Å². The monoisotopic (exact) mass is 524 g/mol. The molecule has 7 nitrogen and oxygen atoms in total. The van der Waals surface area contributed by atoms with E-state index in [1.54, 1.807) is 37.9 Å². The maximum Gasteiger partial charge on any atom is 0.310 e. The Bertz CT molecular complexity index is 1210. The minimum atomic E-state index is -0.966. The normalized spacial score (nSPS) is 14.0. The molecule has 35 heavy (non-hydrogen) atoms. The Balaban J connectivity index is 0.00000216. The van der Waals surface area contributed by atoms with Crippen molar-refractivity contribution in [1.29, 1.82) is 0 Å². The highest BCUT2D eigenvalue weighted by Gasteiger charge is 2.32. The zero-order valence-corrected chi connectivity index (χ0v) is 21.6. The number of rotatable bonds is 7. The summed E-state index contributed by atoms with van der Waals surface area (Å²) in [6, 6.07) is 9.95. The minimum Gasteiger partial charge on any atom is -0.481 e. The van der Waals surface area contributed by atoms with Gasteiger partial charge in [-0.25, -0.2) is 9.37 Å². The summed E-state index contributed by atoms with van der Waals surface area (Å²) in [6.45, 7) is 6.68. The first-order chi connectivity index (χ1) is 15.7. The fourth-order valence-corrected chi connectivity index (χ4v) is 4.28. The molecule has 4 rings (SSSR count). The SMILES string of the molecule is CC(NCC(C)(C)C(=O)O)C(=O)N1CCc2c(n(Cc3cccc(F)c3)c3ncccc23)C1.Cl.Cl. The molecule has 10 heteroatoms. The molecule has 2 N–H and O–H groups in total. The summed E-state index contributed by atoms with van der Waals surface area (Å²) in [5, 5.41) is 13.5. The number of hydrogen-bond donors (Lipinski definition) is 2. The number of aromatic nitrogens is 2. The van der Waals surface area contributed by atoms with Gasteiger partial charge in [0.1, 0.15) is 11.5 Å². The summed E-state index contributed by atoms with van der Waals surface area (Å²) in [4.78, 5) is 30.9. The number of carboxylic acid groups (broad SMARTS) is 1. The molecule has 1 amide bonds. The zero-order valence-electron chi connectivity index (χ0n) is 20.0. The number of fused-ring (bicyclic) bond motifs is 3. The van der Waals surface area contributed by atoms with Crippen LogP contribution < -0.4 is 5.32 Å². The number of pyridine rings is 1. The third kappa shape index (κ3) is 5.94. The Morgan fingerprint density at radius 2 is 1.97 bits per heavy atom. The van der Waals surface area contributed by atoms with Crippen LogP contribution in [-0.4, -0.2) is 50.6 Å². The van der Waals surface area contributed by atoms with Gasteiger partial charge in [-0.2, -0.15) is 0 Å². The van der Waals surface area contributed by atoms with E-state index >= 15 is 0 Å². The number of halogens is 3. The van der Waals surface area contributed by atoms with Gasteiger partial charge in [0.25, 0.3) is 0 Å². The second-order valence-electron chi connectivity index (χ2n) is 9.32. The van der Waals surface area contributed by atoms with E-state index < -0.39 is 17.4 Å². The minimum absolute atomic E-state index is 0. The largest absolute Gasteiger partial charge is 0.481 e. The van der Waals surface area contributed by atoms with E-state index in [2.05, 4.69) is 14.9 Å². The molecule has 2 aromatic heterocycles. The summed E-state index contributed by atoms with van der Waals surface area (Å²) in [6.07, 6.45) is 2.45. The molecule has 3 aromatic rings. The number of carbonyl (C=O) groups excluding carboxylic acids is 1. The molecule has 1 unspecified atom stereocenters. The predicted octanol–water partition coefficient (Wildman–Crippen LogP) is 4.04. The van der Waals surface area contributed by atoms with Gasteiger partial charge in [-0.15, -0.1) is 24.8 Å². The summed E-state index contributed by atoms with van der Waals surface area (Å²) in [5.74, 6) is -1.27. The Morgan fingerprint density at radius 1 is 1.23 bits per heavy atom. The molecule has 0 radical (unpaired) electrons. The average Bonchev–Trinajstić information content (AvgIpc) is 3.10. The molecule has 0 spiro atoms. The number of hydrogen-bond acceptors (Lipinski definition) is 4. The maximum absolute atomic E-state index is 13.8. The molecule has 0 saturated heterocycles. The van der Waals surface area contributed by atoms with Gasteiger partial charge >= 0.3 is 5.97 Å². The van der Waals surface area contributed by atoms with Crippen LogP contribution in [0.15, 0.2) is 42.6 Å². The smallest absolute Gasteiger partial charge is 0.310 e. The summed E-state index contributed by atoms with van der Waals surface area (Å²) in [5.41, 5.74) is 2.87. The lowest BCUT2D eigenvalue weighted by molar-refractivity contribution is -0.147. The van der Waals surface area contributed by atoms with E-state index in [9.17, 15) is 19.1 Å². The van der Waals surface area contributed by atoms with Gasteiger partial charge in [0, 0.05) is 36.9 Å². The number of carboxylic acids is 1. The predicted molar refractivity (Wildman–Crippen MR) is 138 cm³/mol. The summed E-state index contributed by atoms with van der Waals surface area (Å²) >= 11 is 0. The highest BCUT2D eigenvalue weighted by molar-refractivity contribution is 5.86. The molecular formula is C25H31Cl2FN4O3. The third-order valence-electron chi connectivity index (χ3n) is 6.35. The molecule has 0 bridgehead atoms. The van der Waals surface area contributed by atoms with Gasteiger partial charge in [-0.05, 0) is 62.6 Å². The van der Waals surface area contributed by atoms with Crippen molar-refractivity contribution in [3.8, 4) is 0 Å². The molecular weight excluding hydrogens is 494 g/mol. The van der Waals surface area contributed by atoms with E-state index in [0.29, 0.717) is 26.1 Å². The molecule has 190 valence electrons. The zero-order chi connectivity index (χ0) is 23.8. The molecule has 1 aromatic carbocycles. The first-order valence-corrected chi connectivity index (χ1v) is 11.1. The van der Waals surface area contributed by atoms with Crippen LogP contribution in [-0.2, 0) is 29.1 Å². The van der Waals surface area contributed by atoms with Crippen molar-refractivity contribution in [2.75, 3.05) is 13.1 Å². The quantitative estimate of drug-likeness (QED) is 0.486. The van der Waals surface area contributed by atoms with Crippen LogP contribution in [0.3, 0.4) is 0 Å². The Kier molecular flexibility index (Phi) is 9.28. The van der Waals surface area contributed by atoms with Crippen LogP contribution >= 0.6 is 24.8 Å². The highest BCUT2D eigenvalue weighted by Crippen LogP contribution is 2.31. The van der Waals surface area contributed by atoms with Crippen molar-refractivity contribution in [1.82, 2.24) is 19.8 Å². The van der Waals surface area contributed by atoms with E-state index in [1.165, 1.54) is 17.7 Å².